The number of nitrogens with one attached hydrogen (secondary N) is 1. The molecule has 0 aromatic carbocycles. The Bertz CT molecular complexity index is 566. The lowest BCUT2D eigenvalue weighted by molar-refractivity contribution is 0.0954. The highest BCUT2D eigenvalue weighted by Gasteiger charge is 2.22. The number of hydrogen-bond acceptors (Lipinski definition) is 5. The zero-order chi connectivity index (χ0) is 14.4. The molecule has 0 atom stereocenters. The standard InChI is InChI=1S/C14H18N4O2/c1-2-3-4-8-17-14(19)11-12(18-20-13(11)15)10-6-5-7-16-9-10/h5-7,9H,2-4,8,15H2,1H3,(H,17,19). The van der Waals surface area contributed by atoms with Gasteiger partial charge in [-0.15, -0.1) is 0 Å². The highest BCUT2D eigenvalue weighted by Crippen LogP contribution is 2.26. The number of nitrogens with two attached hydrogens (primary N) is 1. The van der Waals surface area contributed by atoms with Crippen LogP contribution in [0.1, 0.15) is 36.5 Å². The van der Waals surface area contributed by atoms with Crippen molar-refractivity contribution < 1.29 is 9.32 Å². The second-order valence-corrected chi connectivity index (χ2v) is 4.48. The van der Waals surface area contributed by atoms with Crippen LogP contribution in [0.15, 0.2) is 29.0 Å². The SMILES string of the molecule is CCCCCNC(=O)c1c(-c2cccnc2)noc1N. The summed E-state index contributed by atoms with van der Waals surface area (Å²) in [6, 6.07) is 3.57. The van der Waals surface area contributed by atoms with E-state index in [1.165, 1.54) is 0 Å². The van der Waals surface area contributed by atoms with Crippen molar-refractivity contribution in [2.45, 2.75) is 26.2 Å². The Morgan fingerprint density at radius 3 is 3.00 bits per heavy atom. The van der Waals surface area contributed by atoms with E-state index in [4.69, 9.17) is 10.3 Å². The summed E-state index contributed by atoms with van der Waals surface area (Å²) in [4.78, 5) is 16.2. The van der Waals surface area contributed by atoms with Gasteiger partial charge < -0.3 is 15.6 Å². The van der Waals surface area contributed by atoms with Crippen LogP contribution >= 0.6 is 0 Å². The Morgan fingerprint density at radius 2 is 2.30 bits per heavy atom. The molecule has 2 aromatic heterocycles. The predicted molar refractivity (Wildman–Crippen MR) is 76.0 cm³/mol. The van der Waals surface area contributed by atoms with E-state index in [9.17, 15) is 4.79 Å². The minimum Gasteiger partial charge on any atom is -0.367 e. The Kier molecular flexibility index (Phi) is 4.70. The van der Waals surface area contributed by atoms with Crippen LogP contribution in [0, 0.1) is 0 Å². The number of amides is 1. The summed E-state index contributed by atoms with van der Waals surface area (Å²) in [6.45, 7) is 2.73. The highest BCUT2D eigenvalue weighted by molar-refractivity contribution is 6.03. The zero-order valence-electron chi connectivity index (χ0n) is 11.4. The van der Waals surface area contributed by atoms with E-state index in [0.29, 0.717) is 17.8 Å². The molecule has 1 amide bonds. The lowest BCUT2D eigenvalue weighted by Crippen LogP contribution is -2.25. The van der Waals surface area contributed by atoms with Crippen LogP contribution < -0.4 is 11.1 Å². The molecule has 106 valence electrons. The maximum absolute atomic E-state index is 12.2. The molecule has 6 nitrogen and oxygen atoms in total. The molecule has 2 rings (SSSR count). The van der Waals surface area contributed by atoms with Crippen LogP contribution in [0.4, 0.5) is 5.88 Å². The third kappa shape index (κ3) is 3.14. The number of aromatic nitrogens is 2. The first-order valence-electron chi connectivity index (χ1n) is 6.67. The van der Waals surface area contributed by atoms with Crippen molar-refractivity contribution in [3.63, 3.8) is 0 Å². The summed E-state index contributed by atoms with van der Waals surface area (Å²) < 4.78 is 4.94. The first-order valence-corrected chi connectivity index (χ1v) is 6.67. The molecule has 6 heteroatoms. The van der Waals surface area contributed by atoms with E-state index in [2.05, 4.69) is 22.4 Å². The lowest BCUT2D eigenvalue weighted by Gasteiger charge is -2.04. The first-order chi connectivity index (χ1) is 9.74. The Morgan fingerprint density at radius 1 is 1.45 bits per heavy atom. The molecular formula is C14H18N4O2. The van der Waals surface area contributed by atoms with Crippen LogP contribution in [0.5, 0.6) is 0 Å². The number of nitrogen functional groups attached to an aromatic ring is 1. The van der Waals surface area contributed by atoms with E-state index in [1.807, 2.05) is 0 Å². The van der Waals surface area contributed by atoms with E-state index < -0.39 is 0 Å². The van der Waals surface area contributed by atoms with Gasteiger partial charge >= 0.3 is 0 Å². The zero-order valence-corrected chi connectivity index (χ0v) is 11.4. The molecule has 0 aliphatic rings. The second-order valence-electron chi connectivity index (χ2n) is 4.48. The van der Waals surface area contributed by atoms with Crippen LogP contribution in [0.2, 0.25) is 0 Å². The number of carbonyl (C=O) groups is 1. The van der Waals surface area contributed by atoms with Gasteiger partial charge in [0, 0.05) is 24.5 Å². The minimum absolute atomic E-state index is 0.0249. The number of carbonyl (C=O) groups excluding carboxylic acids is 1. The summed E-state index contributed by atoms with van der Waals surface area (Å²) >= 11 is 0. The number of hydrogen-bond donors (Lipinski definition) is 2. The summed E-state index contributed by atoms with van der Waals surface area (Å²) in [5.74, 6) is -0.240. The summed E-state index contributed by atoms with van der Waals surface area (Å²) in [5.41, 5.74) is 7.09. The van der Waals surface area contributed by atoms with Crippen molar-refractivity contribution in [3.8, 4) is 11.3 Å². The Labute approximate surface area is 117 Å². The van der Waals surface area contributed by atoms with Gasteiger partial charge in [-0.05, 0) is 18.6 Å². The quantitative estimate of drug-likeness (QED) is 0.788. The molecule has 0 unspecified atom stereocenters. The third-order valence-electron chi connectivity index (χ3n) is 2.95. The van der Waals surface area contributed by atoms with E-state index in [1.54, 1.807) is 24.5 Å². The fourth-order valence-electron chi connectivity index (χ4n) is 1.89. The maximum Gasteiger partial charge on any atom is 0.259 e. The van der Waals surface area contributed by atoms with Gasteiger partial charge in [0.15, 0.2) is 0 Å². The first kappa shape index (κ1) is 14.0. The van der Waals surface area contributed by atoms with E-state index in [0.717, 1.165) is 19.3 Å². The van der Waals surface area contributed by atoms with Crippen LogP contribution in [-0.4, -0.2) is 22.6 Å². The Hall–Kier alpha value is -2.37. The van der Waals surface area contributed by atoms with Gasteiger partial charge in [-0.3, -0.25) is 9.78 Å². The van der Waals surface area contributed by atoms with Crippen LogP contribution in [-0.2, 0) is 0 Å². The number of unbranched alkanes of at least 4 members (excludes halogenated alkanes) is 2. The van der Waals surface area contributed by atoms with Crippen LogP contribution in [0.3, 0.4) is 0 Å². The van der Waals surface area contributed by atoms with E-state index >= 15 is 0 Å². The molecule has 0 aliphatic heterocycles. The molecule has 0 fully saturated rings. The minimum atomic E-state index is -0.265. The fraction of sp³-hybridized carbons (Fsp3) is 0.357. The average Bonchev–Trinajstić information content (AvgIpc) is 2.86. The molecule has 3 N–H and O–H groups in total. The fourth-order valence-corrected chi connectivity index (χ4v) is 1.89. The molecule has 0 bridgehead atoms. The van der Waals surface area contributed by atoms with Gasteiger partial charge in [-0.1, -0.05) is 24.9 Å². The molecule has 20 heavy (non-hydrogen) atoms. The molecule has 2 heterocycles. The number of nitrogens with zero attached hydrogens (tertiary/aromatic N) is 2. The van der Waals surface area contributed by atoms with Gasteiger partial charge in [0.2, 0.25) is 5.88 Å². The van der Waals surface area contributed by atoms with Gasteiger partial charge in [0.25, 0.3) is 5.91 Å². The van der Waals surface area contributed by atoms with Crippen LogP contribution in [0.25, 0.3) is 11.3 Å². The monoisotopic (exact) mass is 274 g/mol. The third-order valence-corrected chi connectivity index (χ3v) is 2.95. The summed E-state index contributed by atoms with van der Waals surface area (Å²) in [6.07, 6.45) is 6.39. The molecular weight excluding hydrogens is 256 g/mol. The lowest BCUT2D eigenvalue weighted by atomic mass is 10.1. The van der Waals surface area contributed by atoms with Crippen molar-refractivity contribution in [1.82, 2.24) is 15.5 Å². The number of anilines is 1. The molecule has 0 radical (unpaired) electrons. The normalized spacial score (nSPS) is 10.4. The smallest absolute Gasteiger partial charge is 0.259 e. The Balaban J connectivity index is 2.15. The second kappa shape index (κ2) is 6.70. The van der Waals surface area contributed by atoms with Gasteiger partial charge in [0.05, 0.1) is 0 Å². The van der Waals surface area contributed by atoms with Gasteiger partial charge in [0.1, 0.15) is 11.3 Å². The number of rotatable bonds is 6. The summed E-state index contributed by atoms with van der Waals surface area (Å²) in [5, 5.41) is 6.68. The van der Waals surface area contributed by atoms with Crippen molar-refractivity contribution in [3.05, 3.63) is 30.1 Å². The number of pyridine rings is 1. The molecule has 0 spiro atoms. The largest absolute Gasteiger partial charge is 0.367 e. The van der Waals surface area contributed by atoms with Gasteiger partial charge in [-0.25, -0.2) is 0 Å². The molecule has 0 saturated heterocycles. The van der Waals surface area contributed by atoms with E-state index in [-0.39, 0.29) is 17.4 Å². The average molecular weight is 274 g/mol. The molecule has 0 saturated carbocycles. The topological polar surface area (TPSA) is 94.0 Å². The predicted octanol–water partition coefficient (Wildman–Crippen LogP) is 2.24. The van der Waals surface area contributed by atoms with Gasteiger partial charge in [-0.2, -0.15) is 0 Å². The highest BCUT2D eigenvalue weighted by atomic mass is 16.5. The summed E-state index contributed by atoms with van der Waals surface area (Å²) in [7, 11) is 0. The molecule has 0 aliphatic carbocycles. The maximum atomic E-state index is 12.2. The van der Waals surface area contributed by atoms with Crippen molar-refractivity contribution in [2.24, 2.45) is 0 Å². The molecule has 2 aromatic rings. The van der Waals surface area contributed by atoms with Crippen molar-refractivity contribution in [2.75, 3.05) is 12.3 Å². The van der Waals surface area contributed by atoms with Crippen molar-refractivity contribution >= 4 is 11.8 Å². The van der Waals surface area contributed by atoms with Crippen molar-refractivity contribution in [1.29, 1.82) is 0 Å².